The summed E-state index contributed by atoms with van der Waals surface area (Å²) in [5.74, 6) is 0.505. The van der Waals surface area contributed by atoms with Crippen LogP contribution >= 0.6 is 0 Å². The molecule has 66 valence electrons. The molecular weight excluding hydrogens is 152 g/mol. The molecule has 0 bridgehead atoms. The Bertz CT molecular complexity index is 214. The molecule has 0 N–H and O–H groups in total. The van der Waals surface area contributed by atoms with Gasteiger partial charge in [0.15, 0.2) is 5.76 Å². The summed E-state index contributed by atoms with van der Waals surface area (Å²) in [6.07, 6.45) is 8.28. The van der Waals surface area contributed by atoms with E-state index in [0.29, 0.717) is 12.4 Å². The van der Waals surface area contributed by atoms with E-state index in [9.17, 15) is 4.79 Å². The number of hydrogen-bond acceptors (Lipinski definition) is 2. The van der Waals surface area contributed by atoms with Crippen molar-refractivity contribution in [3.8, 4) is 0 Å². The van der Waals surface area contributed by atoms with Gasteiger partial charge in [0.05, 0.1) is 6.61 Å². The highest BCUT2D eigenvalue weighted by molar-refractivity contribution is 6.02. The van der Waals surface area contributed by atoms with Crippen LogP contribution in [0.15, 0.2) is 24.0 Å². The quantitative estimate of drug-likeness (QED) is 0.588. The van der Waals surface area contributed by atoms with Gasteiger partial charge in [0.25, 0.3) is 0 Å². The van der Waals surface area contributed by atoms with Crippen molar-refractivity contribution in [1.29, 1.82) is 0 Å². The molecule has 12 heavy (non-hydrogen) atoms. The lowest BCUT2D eigenvalue weighted by Crippen LogP contribution is -2.02. The van der Waals surface area contributed by atoms with Crippen molar-refractivity contribution in [2.75, 3.05) is 6.61 Å². The van der Waals surface area contributed by atoms with Crippen molar-refractivity contribution in [1.82, 2.24) is 0 Å². The largest absolute Gasteiger partial charge is 0.490 e. The molecule has 0 aromatic carbocycles. The van der Waals surface area contributed by atoms with Gasteiger partial charge in [-0.3, -0.25) is 4.79 Å². The van der Waals surface area contributed by atoms with Crippen LogP contribution < -0.4 is 0 Å². The van der Waals surface area contributed by atoms with E-state index in [1.807, 2.05) is 13.0 Å². The number of ether oxygens (including phenoxy) is 1. The Hall–Kier alpha value is -1.05. The van der Waals surface area contributed by atoms with Crippen molar-refractivity contribution in [2.45, 2.75) is 26.2 Å². The van der Waals surface area contributed by atoms with Gasteiger partial charge in [0, 0.05) is 0 Å². The van der Waals surface area contributed by atoms with Crippen LogP contribution in [0.5, 0.6) is 0 Å². The van der Waals surface area contributed by atoms with E-state index < -0.39 is 0 Å². The third-order valence-electron chi connectivity index (χ3n) is 1.75. The lowest BCUT2D eigenvalue weighted by molar-refractivity contribution is -0.114. The predicted molar refractivity (Wildman–Crippen MR) is 47.7 cm³/mol. The van der Waals surface area contributed by atoms with Crippen molar-refractivity contribution in [3.63, 3.8) is 0 Å². The summed E-state index contributed by atoms with van der Waals surface area (Å²) in [5, 5.41) is 0. The highest BCUT2D eigenvalue weighted by atomic mass is 16.5. The summed E-state index contributed by atoms with van der Waals surface area (Å²) in [7, 11) is 0. The summed E-state index contributed by atoms with van der Waals surface area (Å²) in [6.45, 7) is 2.50. The summed E-state index contributed by atoms with van der Waals surface area (Å²) < 4.78 is 5.28. The van der Waals surface area contributed by atoms with E-state index in [2.05, 4.69) is 0 Å². The minimum Gasteiger partial charge on any atom is -0.490 e. The first kappa shape index (κ1) is 9.04. The Morgan fingerprint density at radius 3 is 3.17 bits per heavy atom. The van der Waals surface area contributed by atoms with Crippen molar-refractivity contribution in [3.05, 3.63) is 24.0 Å². The summed E-state index contributed by atoms with van der Waals surface area (Å²) >= 11 is 0. The molecule has 1 aliphatic heterocycles. The molecule has 0 fully saturated rings. The van der Waals surface area contributed by atoms with Crippen LogP contribution in [0.25, 0.3) is 0 Å². The van der Waals surface area contributed by atoms with Gasteiger partial charge in [-0.1, -0.05) is 6.08 Å². The summed E-state index contributed by atoms with van der Waals surface area (Å²) in [5.41, 5.74) is 0. The summed E-state index contributed by atoms with van der Waals surface area (Å²) in [4.78, 5) is 11.3. The van der Waals surface area contributed by atoms with Crippen LogP contribution in [-0.2, 0) is 9.53 Å². The Morgan fingerprint density at radius 2 is 2.42 bits per heavy atom. The first-order valence-electron chi connectivity index (χ1n) is 4.34. The molecular formula is C10H14O2. The zero-order valence-electron chi connectivity index (χ0n) is 7.38. The first-order chi connectivity index (χ1) is 5.84. The fourth-order valence-corrected chi connectivity index (χ4v) is 1.13. The van der Waals surface area contributed by atoms with E-state index in [-0.39, 0.29) is 5.78 Å². The molecule has 1 rings (SSSR count). The lowest BCUT2D eigenvalue weighted by Gasteiger charge is -2.02. The van der Waals surface area contributed by atoms with E-state index in [0.717, 1.165) is 19.3 Å². The average molecular weight is 166 g/mol. The van der Waals surface area contributed by atoms with Crippen LogP contribution in [0.2, 0.25) is 0 Å². The fraction of sp³-hybridized carbons (Fsp3) is 0.500. The Morgan fingerprint density at radius 1 is 1.58 bits per heavy atom. The average Bonchev–Trinajstić information content (AvgIpc) is 2.32. The van der Waals surface area contributed by atoms with Crippen molar-refractivity contribution < 1.29 is 9.53 Å². The first-order valence-corrected chi connectivity index (χ1v) is 4.34. The zero-order chi connectivity index (χ0) is 8.81. The number of allylic oxidation sites excluding steroid dienone is 3. The van der Waals surface area contributed by atoms with Crippen molar-refractivity contribution >= 4 is 5.78 Å². The third kappa shape index (κ3) is 2.53. The minimum absolute atomic E-state index is 0.0144. The molecule has 0 radical (unpaired) electrons. The van der Waals surface area contributed by atoms with Gasteiger partial charge in [0.1, 0.15) is 0 Å². The minimum atomic E-state index is -0.0144. The van der Waals surface area contributed by atoms with Crippen LogP contribution in [0.4, 0.5) is 0 Å². The number of carbonyl (C=O) groups excluding carboxylic acids is 1. The molecule has 0 saturated heterocycles. The SMILES string of the molecule is C/C=C/C(=O)C1=CCCCCO1. The van der Waals surface area contributed by atoms with Gasteiger partial charge in [0.2, 0.25) is 5.78 Å². The molecule has 1 heterocycles. The van der Waals surface area contributed by atoms with Crippen LogP contribution in [0, 0.1) is 0 Å². The van der Waals surface area contributed by atoms with Gasteiger partial charge in [-0.05, 0) is 38.3 Å². The van der Waals surface area contributed by atoms with E-state index >= 15 is 0 Å². The van der Waals surface area contributed by atoms with Gasteiger partial charge >= 0.3 is 0 Å². The Kier molecular flexibility index (Phi) is 3.58. The second kappa shape index (κ2) is 4.75. The third-order valence-corrected chi connectivity index (χ3v) is 1.75. The molecule has 2 heteroatoms. The predicted octanol–water partition coefficient (Wildman–Crippen LogP) is 2.22. The lowest BCUT2D eigenvalue weighted by atomic mass is 10.2. The maximum Gasteiger partial charge on any atom is 0.219 e. The molecule has 0 aromatic rings. The maximum absolute atomic E-state index is 11.3. The summed E-state index contributed by atoms with van der Waals surface area (Å²) in [6, 6.07) is 0. The van der Waals surface area contributed by atoms with E-state index in [1.54, 1.807) is 6.08 Å². The monoisotopic (exact) mass is 166 g/mol. The van der Waals surface area contributed by atoms with Crippen LogP contribution in [-0.4, -0.2) is 12.4 Å². The second-order valence-electron chi connectivity index (χ2n) is 2.78. The number of hydrogen-bond donors (Lipinski definition) is 0. The molecule has 0 spiro atoms. The molecule has 2 nitrogen and oxygen atoms in total. The number of rotatable bonds is 2. The van der Waals surface area contributed by atoms with Gasteiger partial charge in [-0.2, -0.15) is 0 Å². The maximum atomic E-state index is 11.3. The van der Waals surface area contributed by atoms with E-state index in [4.69, 9.17) is 4.74 Å². The normalized spacial score (nSPS) is 18.2. The molecule has 0 amide bonds. The van der Waals surface area contributed by atoms with Crippen LogP contribution in [0.3, 0.4) is 0 Å². The molecule has 0 aromatic heterocycles. The van der Waals surface area contributed by atoms with Gasteiger partial charge < -0.3 is 4.74 Å². The zero-order valence-corrected chi connectivity index (χ0v) is 7.38. The standard InChI is InChI=1S/C10H14O2/c1-2-6-9(11)10-7-4-3-5-8-12-10/h2,6-7H,3-5,8H2,1H3/b6-2+. The molecule has 1 aliphatic rings. The number of carbonyl (C=O) groups is 1. The van der Waals surface area contributed by atoms with Crippen LogP contribution in [0.1, 0.15) is 26.2 Å². The Labute approximate surface area is 72.9 Å². The highest BCUT2D eigenvalue weighted by Gasteiger charge is 2.08. The topological polar surface area (TPSA) is 26.3 Å². The Balaban J connectivity index is 2.59. The van der Waals surface area contributed by atoms with Gasteiger partial charge in [-0.25, -0.2) is 0 Å². The fourth-order valence-electron chi connectivity index (χ4n) is 1.13. The highest BCUT2D eigenvalue weighted by Crippen LogP contribution is 2.11. The second-order valence-corrected chi connectivity index (χ2v) is 2.78. The molecule has 0 aliphatic carbocycles. The van der Waals surface area contributed by atoms with Gasteiger partial charge in [-0.15, -0.1) is 0 Å². The van der Waals surface area contributed by atoms with E-state index in [1.165, 1.54) is 6.08 Å². The molecule has 0 unspecified atom stereocenters. The number of ketones is 1. The molecule has 0 atom stereocenters. The smallest absolute Gasteiger partial charge is 0.219 e. The molecule has 0 saturated carbocycles. The van der Waals surface area contributed by atoms with Crippen molar-refractivity contribution in [2.24, 2.45) is 0 Å².